The summed E-state index contributed by atoms with van der Waals surface area (Å²) in [6.07, 6.45) is 0. The minimum atomic E-state index is -0.625. The maximum atomic E-state index is 2.53. The van der Waals surface area contributed by atoms with Gasteiger partial charge in [0.25, 0.3) is 0 Å². The molecule has 0 heterocycles. The van der Waals surface area contributed by atoms with E-state index in [0.29, 0.717) is 0 Å². The molecule has 0 aromatic heterocycles. The number of hydrogen-bond acceptors (Lipinski definition) is 1. The summed E-state index contributed by atoms with van der Waals surface area (Å²) in [6, 6.07) is 87.6. The molecule has 60 heavy (non-hydrogen) atoms. The van der Waals surface area contributed by atoms with Gasteiger partial charge < -0.3 is 4.90 Å². The van der Waals surface area contributed by atoms with Gasteiger partial charge in [-0.3, -0.25) is 0 Å². The number of rotatable bonds is 5. The van der Waals surface area contributed by atoms with E-state index in [1.807, 2.05) is 0 Å². The lowest BCUT2D eigenvalue weighted by Gasteiger charge is -2.37. The zero-order chi connectivity index (χ0) is 39.6. The van der Waals surface area contributed by atoms with Crippen LogP contribution in [0.15, 0.2) is 237 Å². The zero-order valence-corrected chi connectivity index (χ0v) is 33.0. The summed E-state index contributed by atoms with van der Waals surface area (Å²) in [5, 5.41) is 2.54. The third kappa shape index (κ3) is 4.99. The van der Waals surface area contributed by atoms with Gasteiger partial charge in [-0.05, 0) is 102 Å². The molecule has 1 atom stereocenters. The van der Waals surface area contributed by atoms with E-state index < -0.39 is 5.41 Å². The molecule has 0 N–H and O–H groups in total. The normalized spacial score (nSPS) is 14.4. The highest BCUT2D eigenvalue weighted by atomic mass is 15.1. The van der Waals surface area contributed by atoms with E-state index in [1.165, 1.54) is 88.7 Å². The Balaban J connectivity index is 1.23. The highest BCUT2D eigenvalue weighted by Gasteiger charge is 2.50. The molecule has 0 bridgehead atoms. The van der Waals surface area contributed by atoms with Crippen LogP contribution in [0.3, 0.4) is 0 Å². The molecule has 0 radical (unpaired) electrons. The van der Waals surface area contributed by atoms with E-state index >= 15 is 0 Å². The molecule has 0 saturated heterocycles. The average molecular weight is 762 g/mol. The summed E-state index contributed by atoms with van der Waals surface area (Å²) in [6.45, 7) is 0. The Hall–Kier alpha value is -7.74. The number of nitrogens with zero attached hydrogens (tertiary/aromatic N) is 1. The molecule has 0 amide bonds. The highest BCUT2D eigenvalue weighted by molar-refractivity contribution is 6.07. The second-order valence-corrected chi connectivity index (χ2v) is 15.9. The number of fused-ring (bicyclic) bond motifs is 14. The van der Waals surface area contributed by atoms with E-state index in [9.17, 15) is 0 Å². The Bertz CT molecular complexity index is 3190. The lowest BCUT2D eigenvalue weighted by Crippen LogP contribution is -2.29. The average Bonchev–Trinajstić information content (AvgIpc) is 3.58. The fourth-order valence-electron chi connectivity index (χ4n) is 10.5. The van der Waals surface area contributed by atoms with Gasteiger partial charge in [-0.15, -0.1) is 0 Å². The van der Waals surface area contributed by atoms with Gasteiger partial charge >= 0.3 is 0 Å². The van der Waals surface area contributed by atoms with Gasteiger partial charge in [-0.25, -0.2) is 0 Å². The summed E-state index contributed by atoms with van der Waals surface area (Å²) >= 11 is 0. The predicted octanol–water partition coefficient (Wildman–Crippen LogP) is 15.7. The summed E-state index contributed by atoms with van der Waals surface area (Å²) in [5.74, 6) is 0. The van der Waals surface area contributed by atoms with Crippen molar-refractivity contribution in [3.8, 4) is 55.6 Å². The van der Waals surface area contributed by atoms with E-state index in [1.54, 1.807) is 0 Å². The van der Waals surface area contributed by atoms with Crippen molar-refractivity contribution in [3.05, 3.63) is 259 Å². The van der Waals surface area contributed by atoms with Crippen LogP contribution < -0.4 is 4.90 Å². The maximum absolute atomic E-state index is 2.53. The Kier molecular flexibility index (Phi) is 7.83. The van der Waals surface area contributed by atoms with E-state index in [0.717, 1.165) is 17.1 Å². The van der Waals surface area contributed by atoms with Gasteiger partial charge in [-0.2, -0.15) is 0 Å². The Morgan fingerprint density at radius 2 is 0.750 bits per heavy atom. The van der Waals surface area contributed by atoms with Crippen molar-refractivity contribution < 1.29 is 0 Å². The largest absolute Gasteiger partial charge is 0.309 e. The van der Waals surface area contributed by atoms with E-state index in [4.69, 9.17) is 0 Å². The molecular weight excluding hydrogens is 723 g/mol. The molecule has 280 valence electrons. The summed E-state index contributed by atoms with van der Waals surface area (Å²) in [5.41, 5.74) is 20.2. The predicted molar refractivity (Wildman–Crippen MR) is 251 cm³/mol. The van der Waals surface area contributed by atoms with Crippen molar-refractivity contribution >= 4 is 27.8 Å². The van der Waals surface area contributed by atoms with Crippen molar-refractivity contribution in [2.24, 2.45) is 0 Å². The first-order valence-corrected chi connectivity index (χ1v) is 20.9. The zero-order valence-electron chi connectivity index (χ0n) is 33.0. The second-order valence-electron chi connectivity index (χ2n) is 15.9. The molecule has 12 rings (SSSR count). The van der Waals surface area contributed by atoms with Gasteiger partial charge in [0.15, 0.2) is 0 Å². The third-order valence-electron chi connectivity index (χ3n) is 12.9. The van der Waals surface area contributed by atoms with Crippen molar-refractivity contribution in [1.29, 1.82) is 0 Å². The Morgan fingerprint density at radius 3 is 1.38 bits per heavy atom. The number of hydrogen-bond donors (Lipinski definition) is 0. The van der Waals surface area contributed by atoms with Crippen molar-refractivity contribution in [2.75, 3.05) is 4.90 Å². The first kappa shape index (κ1) is 34.3. The fraction of sp³-hybridized carbons (Fsp3) is 0.0169. The van der Waals surface area contributed by atoms with E-state index in [2.05, 4.69) is 241 Å². The second kappa shape index (κ2) is 13.7. The van der Waals surface area contributed by atoms with Crippen molar-refractivity contribution in [3.63, 3.8) is 0 Å². The van der Waals surface area contributed by atoms with Crippen LogP contribution in [-0.2, 0) is 5.41 Å². The number of anilines is 3. The molecule has 10 aromatic carbocycles. The molecule has 10 aromatic rings. The standard InChI is InChI=1S/C59H39N/c1-3-19-40(20-4-1)44-24-13-17-33-56(44)60(57-34-18-14-25-45(57)41-21-5-2-6-22-41)43-36-37-50-48-28-10-9-27-47(48)49-29-11-15-31-52(49)59(55(50)39-43)53-32-16-12-30-51(53)58-46-26-8-7-23-42(46)35-38-54(58)59/h1-39H. The van der Waals surface area contributed by atoms with Crippen LogP contribution in [0.1, 0.15) is 22.3 Å². The van der Waals surface area contributed by atoms with Crippen LogP contribution in [0.4, 0.5) is 17.1 Å². The Morgan fingerprint density at radius 1 is 0.283 bits per heavy atom. The molecule has 0 saturated carbocycles. The smallest absolute Gasteiger partial charge is 0.0726 e. The molecular formula is C59H39N. The SMILES string of the molecule is c1ccc(-c2ccccc2N(c2ccc3c(c2)C2(c4ccccc4-c4ccccc4-3)c3ccccc3-c3c2ccc2ccccc32)c2ccccc2-c2ccccc2)cc1. The molecule has 2 aliphatic rings. The first-order chi connectivity index (χ1) is 29.8. The minimum Gasteiger partial charge on any atom is -0.309 e. The van der Waals surface area contributed by atoms with Gasteiger partial charge in [-0.1, -0.05) is 212 Å². The topological polar surface area (TPSA) is 3.24 Å². The van der Waals surface area contributed by atoms with Crippen LogP contribution >= 0.6 is 0 Å². The molecule has 1 nitrogen and oxygen atoms in total. The van der Waals surface area contributed by atoms with E-state index in [-0.39, 0.29) is 0 Å². The first-order valence-electron chi connectivity index (χ1n) is 20.9. The van der Waals surface area contributed by atoms with Gasteiger partial charge in [0.2, 0.25) is 0 Å². The van der Waals surface area contributed by atoms with Crippen LogP contribution in [0, 0.1) is 0 Å². The van der Waals surface area contributed by atoms with Gasteiger partial charge in [0.05, 0.1) is 16.8 Å². The monoisotopic (exact) mass is 761 g/mol. The quantitative estimate of drug-likeness (QED) is 0.169. The van der Waals surface area contributed by atoms with Gasteiger partial charge in [0.1, 0.15) is 0 Å². The molecule has 0 fully saturated rings. The molecule has 0 aliphatic heterocycles. The van der Waals surface area contributed by atoms with Crippen molar-refractivity contribution in [1.82, 2.24) is 0 Å². The van der Waals surface area contributed by atoms with Crippen molar-refractivity contribution in [2.45, 2.75) is 5.41 Å². The summed E-state index contributed by atoms with van der Waals surface area (Å²) < 4.78 is 0. The third-order valence-corrected chi connectivity index (χ3v) is 12.9. The van der Waals surface area contributed by atoms with Crippen LogP contribution in [0.2, 0.25) is 0 Å². The van der Waals surface area contributed by atoms with Crippen LogP contribution in [0.5, 0.6) is 0 Å². The number of para-hydroxylation sites is 2. The highest BCUT2D eigenvalue weighted by Crippen LogP contribution is 2.63. The molecule has 1 unspecified atom stereocenters. The molecule has 2 aliphatic carbocycles. The Labute approximate surface area is 351 Å². The van der Waals surface area contributed by atoms with Crippen LogP contribution in [0.25, 0.3) is 66.4 Å². The van der Waals surface area contributed by atoms with Gasteiger partial charge in [0, 0.05) is 16.8 Å². The lowest BCUT2D eigenvalue weighted by atomic mass is 9.65. The van der Waals surface area contributed by atoms with Crippen LogP contribution in [-0.4, -0.2) is 0 Å². The molecule has 1 heteroatoms. The number of benzene rings is 10. The minimum absolute atomic E-state index is 0.625. The fourth-order valence-corrected chi connectivity index (χ4v) is 10.5. The summed E-state index contributed by atoms with van der Waals surface area (Å²) in [4.78, 5) is 2.50. The maximum Gasteiger partial charge on any atom is 0.0726 e. The molecule has 1 spiro atoms. The lowest BCUT2D eigenvalue weighted by molar-refractivity contribution is 0.776. The summed E-state index contributed by atoms with van der Waals surface area (Å²) in [7, 11) is 0.